The van der Waals surface area contributed by atoms with E-state index in [0.717, 1.165) is 16.7 Å². The van der Waals surface area contributed by atoms with Crippen molar-refractivity contribution in [3.63, 3.8) is 0 Å². The first-order valence-corrected chi connectivity index (χ1v) is 9.02. The van der Waals surface area contributed by atoms with Gasteiger partial charge in [-0.1, -0.05) is 11.8 Å². The van der Waals surface area contributed by atoms with Crippen molar-refractivity contribution >= 4 is 35.5 Å². The average Bonchev–Trinajstić information content (AvgIpc) is 2.94. The summed E-state index contributed by atoms with van der Waals surface area (Å²) in [4.78, 5) is 47.1. The zero-order valence-corrected chi connectivity index (χ0v) is 15.3. The van der Waals surface area contributed by atoms with Crippen LogP contribution in [0.4, 0.5) is 0 Å². The second-order valence-electron chi connectivity index (χ2n) is 6.13. The van der Waals surface area contributed by atoms with Gasteiger partial charge in [0.25, 0.3) is 5.91 Å². The molecule has 28 heavy (non-hydrogen) atoms. The molecule has 2 aliphatic heterocycles. The van der Waals surface area contributed by atoms with Crippen LogP contribution >= 0.6 is 11.8 Å². The van der Waals surface area contributed by atoms with Gasteiger partial charge in [0, 0.05) is 5.56 Å². The summed E-state index contributed by atoms with van der Waals surface area (Å²) >= 11 is 1.03. The Labute approximate surface area is 162 Å². The van der Waals surface area contributed by atoms with E-state index in [1.54, 1.807) is 0 Å². The Morgan fingerprint density at radius 3 is 2.43 bits per heavy atom. The maximum absolute atomic E-state index is 12.1. The first-order chi connectivity index (χ1) is 13.2. The zero-order chi connectivity index (χ0) is 20.6. The highest BCUT2D eigenvalue weighted by Gasteiger charge is 2.58. The third-order valence-corrected chi connectivity index (χ3v) is 5.43. The number of aliphatic hydroxyl groups is 1. The number of rotatable bonds is 7. The van der Waals surface area contributed by atoms with Gasteiger partial charge in [-0.15, -0.1) is 0 Å². The van der Waals surface area contributed by atoms with E-state index in [4.69, 9.17) is 9.84 Å². The summed E-state index contributed by atoms with van der Waals surface area (Å²) in [6.45, 7) is 0.951. The summed E-state index contributed by atoms with van der Waals surface area (Å²) in [5.41, 5.74) is -0.0894. The largest absolute Gasteiger partial charge is 0.480 e. The molecule has 0 aromatic heterocycles. The summed E-state index contributed by atoms with van der Waals surface area (Å²) in [6.07, 6.45) is -0.917. The topological polar surface area (TPSA) is 153 Å². The van der Waals surface area contributed by atoms with Crippen LogP contribution in [0.25, 0.3) is 0 Å². The molecule has 0 unspecified atom stereocenters. The standard InChI is InChI=1S/C17H16N2O8S/c1-7(20)11-14(24)19-12(16(25)26)17(28-15(11)19)27-9-4-2-8(3-5-9)13(23)18-6-10(21)22/h2-5,7,11,15,20H,6H2,1H3,(H,18,23)(H,21,22)(H,25,26)/t7-,11+,15-/m1/s1. The van der Waals surface area contributed by atoms with Gasteiger partial charge in [-0.25, -0.2) is 4.79 Å². The molecule has 3 atom stereocenters. The van der Waals surface area contributed by atoms with E-state index in [9.17, 15) is 29.4 Å². The number of aliphatic carboxylic acids is 2. The summed E-state index contributed by atoms with van der Waals surface area (Å²) < 4.78 is 5.60. The number of ether oxygens (including phenoxy) is 1. The number of nitrogens with zero attached hydrogens (tertiary/aromatic N) is 1. The molecule has 0 bridgehead atoms. The number of hydrogen-bond donors (Lipinski definition) is 4. The highest BCUT2D eigenvalue weighted by atomic mass is 32.2. The Kier molecular flexibility index (Phi) is 5.29. The lowest BCUT2D eigenvalue weighted by Gasteiger charge is -2.43. The molecule has 1 aromatic carbocycles. The van der Waals surface area contributed by atoms with Crippen LogP contribution < -0.4 is 10.1 Å². The number of carboxylic acids is 2. The smallest absolute Gasteiger partial charge is 0.357 e. The van der Waals surface area contributed by atoms with Crippen LogP contribution in [-0.2, 0) is 14.4 Å². The molecule has 11 heteroatoms. The lowest BCUT2D eigenvalue weighted by atomic mass is 9.92. The van der Waals surface area contributed by atoms with Crippen molar-refractivity contribution in [2.24, 2.45) is 5.92 Å². The van der Waals surface area contributed by atoms with E-state index in [2.05, 4.69) is 5.32 Å². The summed E-state index contributed by atoms with van der Waals surface area (Å²) in [5, 5.41) is 29.4. The van der Waals surface area contributed by atoms with Crippen molar-refractivity contribution in [3.05, 3.63) is 40.6 Å². The number of carbonyl (C=O) groups excluding carboxylic acids is 2. The first-order valence-electron chi connectivity index (χ1n) is 8.14. The molecule has 0 aliphatic carbocycles. The molecular weight excluding hydrogens is 392 g/mol. The van der Waals surface area contributed by atoms with Crippen molar-refractivity contribution in [1.29, 1.82) is 0 Å². The quantitative estimate of drug-likeness (QED) is 0.458. The SMILES string of the molecule is C[C@@H](O)[C@H]1C(=O)N2C(C(=O)O)=C(Oc3ccc(C(=O)NCC(=O)O)cc3)S[C@H]12. The molecule has 2 heterocycles. The minimum atomic E-state index is -1.33. The molecule has 1 fully saturated rings. The molecule has 2 amide bonds. The van der Waals surface area contributed by atoms with Gasteiger partial charge < -0.3 is 25.4 Å². The highest BCUT2D eigenvalue weighted by Crippen LogP contribution is 2.50. The molecular formula is C17H16N2O8S. The van der Waals surface area contributed by atoms with Crippen LogP contribution in [0.5, 0.6) is 5.75 Å². The molecule has 0 saturated carbocycles. The number of aliphatic hydroxyl groups excluding tert-OH is 1. The predicted octanol–water partition coefficient (Wildman–Crippen LogP) is 0.0456. The molecule has 4 N–H and O–H groups in total. The van der Waals surface area contributed by atoms with E-state index in [-0.39, 0.29) is 22.1 Å². The maximum atomic E-state index is 12.1. The van der Waals surface area contributed by atoms with E-state index in [0.29, 0.717) is 0 Å². The van der Waals surface area contributed by atoms with Crippen LogP contribution in [0.1, 0.15) is 17.3 Å². The molecule has 0 radical (unpaired) electrons. The summed E-state index contributed by atoms with van der Waals surface area (Å²) in [7, 11) is 0. The Hall–Kier alpha value is -3.05. The average molecular weight is 408 g/mol. The van der Waals surface area contributed by atoms with Gasteiger partial charge >= 0.3 is 11.9 Å². The summed E-state index contributed by atoms with van der Waals surface area (Å²) in [6, 6.07) is 5.63. The van der Waals surface area contributed by atoms with Crippen LogP contribution in [-0.4, -0.2) is 62.0 Å². The van der Waals surface area contributed by atoms with E-state index in [1.165, 1.54) is 31.2 Å². The van der Waals surface area contributed by atoms with Crippen LogP contribution in [0.2, 0.25) is 0 Å². The minimum absolute atomic E-state index is 0.0112. The van der Waals surface area contributed by atoms with Gasteiger partial charge in [0.05, 0.1) is 12.0 Å². The molecule has 1 aromatic rings. The Bertz CT molecular complexity index is 880. The number of nitrogens with one attached hydrogen (secondary N) is 1. The fraction of sp³-hybridized carbons (Fsp3) is 0.294. The molecule has 0 spiro atoms. The number of carboxylic acid groups (broad SMARTS) is 2. The monoisotopic (exact) mass is 408 g/mol. The van der Waals surface area contributed by atoms with Gasteiger partial charge in [-0.05, 0) is 31.2 Å². The number of β-lactam (4-membered cyclic amide) rings is 1. The molecule has 10 nitrogen and oxygen atoms in total. The van der Waals surface area contributed by atoms with Crippen LogP contribution in [0.3, 0.4) is 0 Å². The van der Waals surface area contributed by atoms with Crippen LogP contribution in [0.15, 0.2) is 35.1 Å². The van der Waals surface area contributed by atoms with Crippen molar-refractivity contribution in [1.82, 2.24) is 10.2 Å². The Morgan fingerprint density at radius 1 is 1.25 bits per heavy atom. The number of amides is 2. The van der Waals surface area contributed by atoms with Gasteiger partial charge in [-0.2, -0.15) is 0 Å². The Balaban J connectivity index is 1.74. The van der Waals surface area contributed by atoms with E-state index >= 15 is 0 Å². The third kappa shape index (κ3) is 3.53. The van der Waals surface area contributed by atoms with Gasteiger partial charge in [-0.3, -0.25) is 19.3 Å². The second-order valence-corrected chi connectivity index (χ2v) is 7.22. The Morgan fingerprint density at radius 2 is 1.89 bits per heavy atom. The lowest BCUT2D eigenvalue weighted by molar-refractivity contribution is -0.156. The van der Waals surface area contributed by atoms with Crippen molar-refractivity contribution in [3.8, 4) is 5.75 Å². The van der Waals surface area contributed by atoms with E-state index < -0.39 is 47.7 Å². The molecule has 1 saturated heterocycles. The molecule has 148 valence electrons. The van der Waals surface area contributed by atoms with Crippen molar-refractivity contribution in [2.75, 3.05) is 6.54 Å². The molecule has 3 rings (SSSR count). The fourth-order valence-electron chi connectivity index (χ4n) is 2.86. The number of thioether (sulfide) groups is 1. The summed E-state index contributed by atoms with van der Waals surface area (Å²) in [5.74, 6) is -4.03. The van der Waals surface area contributed by atoms with E-state index in [1.807, 2.05) is 0 Å². The number of carbonyl (C=O) groups is 4. The lowest BCUT2D eigenvalue weighted by Crippen LogP contribution is -2.60. The highest BCUT2D eigenvalue weighted by molar-refractivity contribution is 8.03. The number of hydrogen-bond acceptors (Lipinski definition) is 7. The first kappa shape index (κ1) is 19.7. The van der Waals surface area contributed by atoms with Crippen LogP contribution in [0, 0.1) is 5.92 Å². The van der Waals surface area contributed by atoms with Gasteiger partial charge in [0.2, 0.25) is 5.91 Å². The van der Waals surface area contributed by atoms with Crippen molar-refractivity contribution < 1.29 is 39.2 Å². The second kappa shape index (κ2) is 7.52. The van der Waals surface area contributed by atoms with Crippen molar-refractivity contribution in [2.45, 2.75) is 18.4 Å². The molecule has 2 aliphatic rings. The number of benzene rings is 1. The number of fused-ring (bicyclic) bond motifs is 1. The normalized spacial score (nSPS) is 21.6. The third-order valence-electron chi connectivity index (χ3n) is 4.20. The maximum Gasteiger partial charge on any atom is 0.357 e. The van der Waals surface area contributed by atoms with Gasteiger partial charge in [0.15, 0.2) is 10.8 Å². The fourth-order valence-corrected chi connectivity index (χ4v) is 4.33. The predicted molar refractivity (Wildman–Crippen MR) is 95.1 cm³/mol. The van der Waals surface area contributed by atoms with Gasteiger partial charge in [0.1, 0.15) is 17.7 Å². The minimum Gasteiger partial charge on any atom is -0.480 e. The zero-order valence-electron chi connectivity index (χ0n) is 14.5.